The molecule has 1 aliphatic heterocycles. The molecule has 3 heteroatoms. The molecule has 0 N–H and O–H groups in total. The summed E-state index contributed by atoms with van der Waals surface area (Å²) in [6, 6.07) is 14.1. The van der Waals surface area contributed by atoms with E-state index >= 15 is 0 Å². The fraction of sp³-hybridized carbons (Fsp3) is 0.417. The number of hydrogen-bond donors (Lipinski definition) is 0. The molecule has 0 aliphatic carbocycles. The lowest BCUT2D eigenvalue weighted by Gasteiger charge is -2.38. The van der Waals surface area contributed by atoms with E-state index in [1.807, 2.05) is 19.1 Å². The molecular weight excluding hydrogens is 335 g/mol. The van der Waals surface area contributed by atoms with Crippen LogP contribution in [0.2, 0.25) is 0 Å². The first kappa shape index (κ1) is 21.0. The highest BCUT2D eigenvalue weighted by molar-refractivity contribution is 5.49. The SMILES string of the molecule is C=C(CC)N1CCN(c2ccc(C)cc2F)CC1.CCc1ccc(C)cc1. The Balaban J connectivity index is 0.000000244. The quantitative estimate of drug-likeness (QED) is 0.679. The second-order valence-corrected chi connectivity index (χ2v) is 7.19. The zero-order valence-electron chi connectivity index (χ0n) is 17.3. The third kappa shape index (κ3) is 6.13. The number of allylic oxidation sites excluding steroid dienone is 1. The maximum atomic E-state index is 13.9. The molecule has 2 nitrogen and oxygen atoms in total. The largest absolute Gasteiger partial charge is 0.372 e. The summed E-state index contributed by atoms with van der Waals surface area (Å²) in [6.45, 7) is 16.0. The van der Waals surface area contributed by atoms with Crippen molar-refractivity contribution in [2.45, 2.75) is 40.5 Å². The smallest absolute Gasteiger partial charge is 0.146 e. The summed E-state index contributed by atoms with van der Waals surface area (Å²) >= 11 is 0. The van der Waals surface area contributed by atoms with E-state index in [0.29, 0.717) is 0 Å². The molecule has 0 radical (unpaired) electrons. The van der Waals surface area contributed by atoms with Crippen molar-refractivity contribution in [1.29, 1.82) is 0 Å². The molecule has 0 aromatic heterocycles. The van der Waals surface area contributed by atoms with Crippen LogP contribution in [0.3, 0.4) is 0 Å². The summed E-state index contributed by atoms with van der Waals surface area (Å²) in [6.07, 6.45) is 2.12. The molecule has 27 heavy (non-hydrogen) atoms. The third-order valence-corrected chi connectivity index (χ3v) is 5.11. The van der Waals surface area contributed by atoms with Crippen molar-refractivity contribution >= 4 is 5.69 Å². The average Bonchev–Trinajstić information content (AvgIpc) is 2.69. The Hall–Kier alpha value is -2.29. The average molecular weight is 369 g/mol. The van der Waals surface area contributed by atoms with E-state index in [4.69, 9.17) is 0 Å². The minimum atomic E-state index is -0.113. The van der Waals surface area contributed by atoms with Crippen LogP contribution in [0.5, 0.6) is 0 Å². The molecule has 1 heterocycles. The second-order valence-electron chi connectivity index (χ2n) is 7.19. The zero-order valence-corrected chi connectivity index (χ0v) is 17.3. The minimum Gasteiger partial charge on any atom is -0.372 e. The van der Waals surface area contributed by atoms with Crippen LogP contribution in [0.4, 0.5) is 10.1 Å². The number of aryl methyl sites for hydroxylation is 3. The molecule has 1 fully saturated rings. The molecule has 0 bridgehead atoms. The molecule has 2 aromatic rings. The summed E-state index contributed by atoms with van der Waals surface area (Å²) in [5, 5.41) is 0. The second kappa shape index (κ2) is 10.1. The number of piperazine rings is 1. The van der Waals surface area contributed by atoms with Gasteiger partial charge in [0.05, 0.1) is 5.69 Å². The Labute approximate surface area is 164 Å². The van der Waals surface area contributed by atoms with Gasteiger partial charge < -0.3 is 9.80 Å². The van der Waals surface area contributed by atoms with Crippen LogP contribution in [-0.4, -0.2) is 31.1 Å². The molecule has 2 aromatic carbocycles. The van der Waals surface area contributed by atoms with Crippen molar-refractivity contribution in [2.24, 2.45) is 0 Å². The number of hydrogen-bond acceptors (Lipinski definition) is 2. The van der Waals surface area contributed by atoms with Crippen LogP contribution in [0.15, 0.2) is 54.7 Å². The fourth-order valence-corrected chi connectivity index (χ4v) is 3.18. The van der Waals surface area contributed by atoms with Gasteiger partial charge in [0.2, 0.25) is 0 Å². The zero-order chi connectivity index (χ0) is 19.8. The number of anilines is 1. The number of rotatable bonds is 4. The van der Waals surface area contributed by atoms with E-state index in [1.54, 1.807) is 6.07 Å². The van der Waals surface area contributed by atoms with Gasteiger partial charge >= 0.3 is 0 Å². The summed E-state index contributed by atoms with van der Waals surface area (Å²) in [5.74, 6) is -0.113. The van der Waals surface area contributed by atoms with Crippen LogP contribution in [-0.2, 0) is 6.42 Å². The Morgan fingerprint density at radius 3 is 2.04 bits per heavy atom. The lowest BCUT2D eigenvalue weighted by molar-refractivity contribution is 0.314. The lowest BCUT2D eigenvalue weighted by atomic mass is 10.1. The van der Waals surface area contributed by atoms with E-state index in [-0.39, 0.29) is 5.82 Å². The van der Waals surface area contributed by atoms with Gasteiger partial charge in [-0.3, -0.25) is 0 Å². The Morgan fingerprint density at radius 1 is 0.926 bits per heavy atom. The van der Waals surface area contributed by atoms with E-state index < -0.39 is 0 Å². The predicted molar refractivity (Wildman–Crippen MR) is 115 cm³/mol. The predicted octanol–water partition coefficient (Wildman–Crippen LogP) is 5.74. The first-order valence-electron chi connectivity index (χ1n) is 9.94. The highest BCUT2D eigenvalue weighted by atomic mass is 19.1. The molecular formula is C24H33FN2. The standard InChI is InChI=1S/C15H21FN2.C9H12/c1-4-13(3)17-7-9-18(10-8-17)15-6-5-12(2)11-14(15)16;1-3-9-6-4-8(2)5-7-9/h5-6,11H,3-4,7-10H2,1-2H3;4-7H,3H2,1-2H3. The Morgan fingerprint density at radius 2 is 1.52 bits per heavy atom. The minimum absolute atomic E-state index is 0.113. The Kier molecular flexibility index (Phi) is 7.90. The first-order chi connectivity index (χ1) is 12.9. The van der Waals surface area contributed by atoms with Crippen molar-refractivity contribution in [2.75, 3.05) is 31.1 Å². The van der Waals surface area contributed by atoms with E-state index in [0.717, 1.165) is 50.3 Å². The molecule has 1 aliphatic rings. The van der Waals surface area contributed by atoms with E-state index in [1.165, 1.54) is 16.8 Å². The number of benzene rings is 2. The maximum absolute atomic E-state index is 13.9. The van der Waals surface area contributed by atoms with Crippen molar-refractivity contribution in [3.8, 4) is 0 Å². The van der Waals surface area contributed by atoms with Crippen molar-refractivity contribution < 1.29 is 4.39 Å². The third-order valence-electron chi connectivity index (χ3n) is 5.11. The Bertz CT molecular complexity index is 729. The van der Waals surface area contributed by atoms with Crippen LogP contribution < -0.4 is 4.90 Å². The van der Waals surface area contributed by atoms with Gasteiger partial charge in [-0.15, -0.1) is 0 Å². The monoisotopic (exact) mass is 368 g/mol. The van der Waals surface area contributed by atoms with Gasteiger partial charge in [-0.05, 0) is 49.9 Å². The summed E-state index contributed by atoms with van der Waals surface area (Å²) < 4.78 is 13.9. The summed E-state index contributed by atoms with van der Waals surface area (Å²) in [4.78, 5) is 4.41. The number of halogens is 1. The van der Waals surface area contributed by atoms with E-state index in [9.17, 15) is 4.39 Å². The lowest BCUT2D eigenvalue weighted by Crippen LogP contribution is -2.45. The molecule has 0 amide bonds. The summed E-state index contributed by atoms with van der Waals surface area (Å²) in [7, 11) is 0. The fourth-order valence-electron chi connectivity index (χ4n) is 3.18. The highest BCUT2D eigenvalue weighted by Crippen LogP contribution is 2.22. The maximum Gasteiger partial charge on any atom is 0.146 e. The normalized spacial score (nSPS) is 13.8. The molecule has 0 atom stereocenters. The van der Waals surface area contributed by atoms with Crippen LogP contribution in [0, 0.1) is 19.7 Å². The van der Waals surface area contributed by atoms with Gasteiger partial charge in [0.1, 0.15) is 5.82 Å². The van der Waals surface area contributed by atoms with Gasteiger partial charge in [-0.25, -0.2) is 4.39 Å². The first-order valence-corrected chi connectivity index (χ1v) is 9.94. The topological polar surface area (TPSA) is 6.48 Å². The van der Waals surface area contributed by atoms with Crippen molar-refractivity contribution in [3.05, 3.63) is 77.2 Å². The van der Waals surface area contributed by atoms with Gasteiger partial charge in [0.15, 0.2) is 0 Å². The molecule has 3 rings (SSSR count). The molecule has 1 saturated heterocycles. The van der Waals surface area contributed by atoms with Crippen molar-refractivity contribution in [1.82, 2.24) is 4.90 Å². The number of nitrogens with zero attached hydrogens (tertiary/aromatic N) is 2. The van der Waals surface area contributed by atoms with Crippen molar-refractivity contribution in [3.63, 3.8) is 0 Å². The summed E-state index contributed by atoms with van der Waals surface area (Å²) in [5.41, 5.74) is 5.63. The van der Waals surface area contributed by atoms with E-state index in [2.05, 4.69) is 61.4 Å². The highest BCUT2D eigenvalue weighted by Gasteiger charge is 2.19. The van der Waals surface area contributed by atoms with Gasteiger partial charge in [-0.1, -0.05) is 56.3 Å². The van der Waals surface area contributed by atoms with Gasteiger partial charge in [0.25, 0.3) is 0 Å². The van der Waals surface area contributed by atoms with Gasteiger partial charge in [-0.2, -0.15) is 0 Å². The van der Waals surface area contributed by atoms with Crippen LogP contribution >= 0.6 is 0 Å². The van der Waals surface area contributed by atoms with Crippen LogP contribution in [0.1, 0.15) is 37.0 Å². The molecule has 0 saturated carbocycles. The van der Waals surface area contributed by atoms with Gasteiger partial charge in [0, 0.05) is 31.9 Å². The molecule has 0 spiro atoms. The molecule has 0 unspecified atom stereocenters. The van der Waals surface area contributed by atoms with Crippen LogP contribution in [0.25, 0.3) is 0 Å². The molecule has 146 valence electrons.